The fraction of sp³-hybridized carbons (Fsp3) is 0.300. The maximum absolute atomic E-state index is 12.9. The smallest absolute Gasteiger partial charge is 0.351 e. The van der Waals surface area contributed by atoms with Gasteiger partial charge in [0.25, 0.3) is 5.91 Å². The lowest BCUT2D eigenvalue weighted by Crippen LogP contribution is -2.35. The molecule has 14 heteroatoms. The topological polar surface area (TPSA) is 104 Å². The van der Waals surface area contributed by atoms with Crippen molar-refractivity contribution in [1.82, 2.24) is 10.0 Å². The van der Waals surface area contributed by atoms with Crippen LogP contribution in [0.4, 0.5) is 32.0 Å². The van der Waals surface area contributed by atoms with E-state index in [9.17, 15) is 44.3 Å². The van der Waals surface area contributed by atoms with E-state index in [1.807, 2.05) is 4.72 Å². The molecule has 2 aromatic rings. The molecule has 0 aromatic heterocycles. The van der Waals surface area contributed by atoms with E-state index in [2.05, 4.69) is 10.6 Å². The lowest BCUT2D eigenvalue weighted by Gasteiger charge is -2.15. The molecule has 0 aliphatic rings. The van der Waals surface area contributed by atoms with Gasteiger partial charge in [-0.25, -0.2) is 13.1 Å². The van der Waals surface area contributed by atoms with E-state index in [4.69, 9.17) is 0 Å². The van der Waals surface area contributed by atoms with Crippen LogP contribution < -0.4 is 15.4 Å². The molecule has 0 unspecified atom stereocenters. The standard InChI is InChI=1S/C20H19F6N3O4S/c1-2-17(30)29-15-5-3-12(4-6-15)18(31)27-7-8-28-34(32,33)16-10-13(19(21,22)23)9-14(11-16)20(24,25)26/h3-6,9-11,28H,2,7-8H2,1H3,(H,27,31)(H,29,30). The Bertz CT molecular complexity index is 1110. The lowest BCUT2D eigenvalue weighted by atomic mass is 10.1. The minimum atomic E-state index is -5.20. The van der Waals surface area contributed by atoms with Gasteiger partial charge in [-0.05, 0) is 42.5 Å². The molecule has 3 N–H and O–H groups in total. The third-order valence-electron chi connectivity index (χ3n) is 4.33. The largest absolute Gasteiger partial charge is 0.416 e. The molecule has 0 aliphatic heterocycles. The van der Waals surface area contributed by atoms with Crippen LogP contribution in [0.2, 0.25) is 0 Å². The summed E-state index contributed by atoms with van der Waals surface area (Å²) < 4.78 is 104. The van der Waals surface area contributed by atoms with Crippen LogP contribution in [0.5, 0.6) is 0 Å². The number of alkyl halides is 6. The maximum Gasteiger partial charge on any atom is 0.416 e. The van der Waals surface area contributed by atoms with Gasteiger partial charge in [0, 0.05) is 30.8 Å². The highest BCUT2D eigenvalue weighted by Crippen LogP contribution is 2.37. The Labute approximate surface area is 190 Å². The molecule has 34 heavy (non-hydrogen) atoms. The molecular weight excluding hydrogens is 492 g/mol. The number of hydrogen-bond acceptors (Lipinski definition) is 4. The zero-order valence-electron chi connectivity index (χ0n) is 17.5. The van der Waals surface area contributed by atoms with Gasteiger partial charge in [-0.15, -0.1) is 0 Å². The molecule has 0 saturated heterocycles. The Morgan fingerprint density at radius 3 is 1.85 bits per heavy atom. The molecule has 0 saturated carbocycles. The van der Waals surface area contributed by atoms with Crippen molar-refractivity contribution in [3.63, 3.8) is 0 Å². The number of amides is 2. The predicted molar refractivity (Wildman–Crippen MR) is 109 cm³/mol. The zero-order valence-corrected chi connectivity index (χ0v) is 18.3. The highest BCUT2D eigenvalue weighted by atomic mass is 32.2. The van der Waals surface area contributed by atoms with Gasteiger partial charge in [0.1, 0.15) is 0 Å². The molecular formula is C20H19F6N3O4S. The Kier molecular flexibility index (Phi) is 8.31. The molecule has 0 aliphatic carbocycles. The molecule has 0 fully saturated rings. The van der Waals surface area contributed by atoms with E-state index in [-0.39, 0.29) is 42.6 Å². The van der Waals surface area contributed by atoms with Gasteiger partial charge in [-0.3, -0.25) is 9.59 Å². The van der Waals surface area contributed by atoms with Crippen molar-refractivity contribution in [3.05, 3.63) is 59.2 Å². The van der Waals surface area contributed by atoms with Crippen LogP contribution in [0.3, 0.4) is 0 Å². The second-order valence-corrected chi connectivity index (χ2v) is 8.64. The Morgan fingerprint density at radius 2 is 1.38 bits per heavy atom. The Hall–Kier alpha value is -3.13. The number of benzene rings is 2. The Balaban J connectivity index is 2.03. The van der Waals surface area contributed by atoms with Gasteiger partial charge in [0.15, 0.2) is 0 Å². The van der Waals surface area contributed by atoms with Crippen LogP contribution in [-0.4, -0.2) is 33.3 Å². The number of anilines is 1. The first-order valence-electron chi connectivity index (χ1n) is 9.60. The van der Waals surface area contributed by atoms with Crippen molar-refractivity contribution in [2.24, 2.45) is 0 Å². The second-order valence-electron chi connectivity index (χ2n) is 6.87. The number of nitrogens with one attached hydrogen (secondary N) is 3. The van der Waals surface area contributed by atoms with Gasteiger partial charge < -0.3 is 10.6 Å². The summed E-state index contributed by atoms with van der Waals surface area (Å²) in [6, 6.07) is 5.73. The maximum atomic E-state index is 12.9. The van der Waals surface area contributed by atoms with Crippen molar-refractivity contribution in [2.45, 2.75) is 30.6 Å². The van der Waals surface area contributed by atoms with Gasteiger partial charge in [-0.2, -0.15) is 26.3 Å². The Morgan fingerprint density at radius 1 is 0.853 bits per heavy atom. The SMILES string of the molecule is CCC(=O)Nc1ccc(C(=O)NCCNS(=O)(=O)c2cc(C(F)(F)F)cc(C(F)(F)F)c2)cc1. The lowest BCUT2D eigenvalue weighted by molar-refractivity contribution is -0.143. The number of halogens is 6. The van der Waals surface area contributed by atoms with Gasteiger partial charge in [0.2, 0.25) is 15.9 Å². The molecule has 0 heterocycles. The van der Waals surface area contributed by atoms with E-state index in [0.717, 1.165) is 0 Å². The first kappa shape index (κ1) is 27.1. The van der Waals surface area contributed by atoms with Crippen LogP contribution in [0, 0.1) is 0 Å². The quantitative estimate of drug-likeness (QED) is 0.371. The predicted octanol–water partition coefficient (Wildman–Crippen LogP) is 3.78. The summed E-state index contributed by atoms with van der Waals surface area (Å²) in [5.41, 5.74) is -2.91. The molecule has 0 spiro atoms. The monoisotopic (exact) mass is 511 g/mol. The molecule has 0 atom stereocenters. The number of carbonyl (C=O) groups is 2. The molecule has 0 bridgehead atoms. The van der Waals surface area contributed by atoms with Crippen molar-refractivity contribution in [1.29, 1.82) is 0 Å². The van der Waals surface area contributed by atoms with Crippen molar-refractivity contribution < 1.29 is 44.3 Å². The first-order valence-corrected chi connectivity index (χ1v) is 11.1. The second kappa shape index (κ2) is 10.4. The van der Waals surface area contributed by atoms with Crippen LogP contribution in [-0.2, 0) is 27.2 Å². The number of sulfonamides is 1. The van der Waals surface area contributed by atoms with Crippen LogP contribution in [0.1, 0.15) is 34.8 Å². The highest BCUT2D eigenvalue weighted by molar-refractivity contribution is 7.89. The van der Waals surface area contributed by atoms with E-state index in [0.29, 0.717) is 5.69 Å². The number of rotatable bonds is 8. The van der Waals surface area contributed by atoms with E-state index >= 15 is 0 Å². The van der Waals surface area contributed by atoms with Crippen molar-refractivity contribution in [2.75, 3.05) is 18.4 Å². The van der Waals surface area contributed by atoms with E-state index in [1.165, 1.54) is 24.3 Å². The average molecular weight is 511 g/mol. The first-order chi connectivity index (χ1) is 15.6. The fourth-order valence-corrected chi connectivity index (χ4v) is 3.68. The van der Waals surface area contributed by atoms with Crippen molar-refractivity contribution in [3.8, 4) is 0 Å². The number of carbonyl (C=O) groups excluding carboxylic acids is 2. The van der Waals surface area contributed by atoms with Gasteiger partial charge in [-0.1, -0.05) is 6.92 Å². The third-order valence-corrected chi connectivity index (χ3v) is 5.77. The summed E-state index contributed by atoms with van der Waals surface area (Å²) in [4.78, 5) is 22.2. The van der Waals surface area contributed by atoms with Gasteiger partial charge in [0.05, 0.1) is 16.0 Å². The van der Waals surface area contributed by atoms with Gasteiger partial charge >= 0.3 is 12.4 Å². The van der Waals surface area contributed by atoms with Crippen LogP contribution in [0.25, 0.3) is 0 Å². The molecule has 7 nitrogen and oxygen atoms in total. The summed E-state index contributed by atoms with van der Waals surface area (Å²) in [5, 5.41) is 4.93. The van der Waals surface area contributed by atoms with E-state index in [1.54, 1.807) is 6.92 Å². The normalized spacial score (nSPS) is 12.3. The fourth-order valence-electron chi connectivity index (χ4n) is 2.58. The van der Waals surface area contributed by atoms with Crippen LogP contribution in [0.15, 0.2) is 47.4 Å². The molecule has 0 radical (unpaired) electrons. The molecule has 2 aromatic carbocycles. The minimum Gasteiger partial charge on any atom is -0.351 e. The molecule has 2 rings (SSSR count). The molecule has 186 valence electrons. The summed E-state index contributed by atoms with van der Waals surface area (Å²) in [7, 11) is -4.75. The van der Waals surface area contributed by atoms with Crippen molar-refractivity contribution >= 4 is 27.5 Å². The average Bonchev–Trinajstić information content (AvgIpc) is 2.75. The van der Waals surface area contributed by atoms with Crippen LogP contribution >= 0.6 is 0 Å². The molecule has 2 amide bonds. The third kappa shape index (κ3) is 7.45. The zero-order chi connectivity index (χ0) is 25.7. The minimum absolute atomic E-state index is 0.0923. The number of hydrogen-bond donors (Lipinski definition) is 3. The summed E-state index contributed by atoms with van der Waals surface area (Å²) in [6.45, 7) is 0.849. The highest BCUT2D eigenvalue weighted by Gasteiger charge is 2.38. The van der Waals surface area contributed by atoms with E-state index < -0.39 is 50.9 Å². The summed E-state index contributed by atoms with van der Waals surface area (Å²) in [6.07, 6.45) is -10.1. The summed E-state index contributed by atoms with van der Waals surface area (Å²) >= 11 is 0. The summed E-state index contributed by atoms with van der Waals surface area (Å²) in [5.74, 6) is -0.849.